The predicted octanol–water partition coefficient (Wildman–Crippen LogP) is 3.62. The Morgan fingerprint density at radius 2 is 1.76 bits per heavy atom. The number of piperazine rings is 1. The number of benzene rings is 2. The molecule has 4 rings (SSSR count). The fourth-order valence-electron chi connectivity index (χ4n) is 3.44. The molecule has 0 atom stereocenters. The average molecular weight is 474 g/mol. The topological polar surface area (TPSA) is 84.6 Å². The van der Waals surface area contributed by atoms with Gasteiger partial charge in [0.25, 0.3) is 11.8 Å². The second kappa shape index (κ2) is 9.68. The first-order valence-electron chi connectivity index (χ1n) is 10.3. The van der Waals surface area contributed by atoms with Crippen LogP contribution in [0.5, 0.6) is 5.88 Å². The first kappa shape index (κ1) is 22.9. The number of carbonyl (C=O) groups is 1. The van der Waals surface area contributed by atoms with Gasteiger partial charge >= 0.3 is 0 Å². The molecule has 172 valence electrons. The van der Waals surface area contributed by atoms with Gasteiger partial charge in [-0.3, -0.25) is 4.79 Å². The molecule has 0 saturated carbocycles. The summed E-state index contributed by atoms with van der Waals surface area (Å²) in [7, 11) is 2.03. The van der Waals surface area contributed by atoms with Crippen molar-refractivity contribution in [3.63, 3.8) is 0 Å². The molecular weight excluding hydrogens is 452 g/mol. The maximum atomic E-state index is 14.0. The Balaban J connectivity index is 1.49. The number of carbonyl (C=O) groups excluding carboxylic acids is 1. The van der Waals surface area contributed by atoms with Crippen LogP contribution in [0.3, 0.4) is 0 Å². The van der Waals surface area contributed by atoms with Crippen LogP contribution >= 0.6 is 11.6 Å². The van der Waals surface area contributed by atoms with Crippen molar-refractivity contribution < 1.29 is 18.3 Å². The largest absolute Gasteiger partial charge is 0.470 e. The third-order valence-electron chi connectivity index (χ3n) is 5.48. The normalized spacial score (nSPS) is 14.4. The summed E-state index contributed by atoms with van der Waals surface area (Å²) in [6.45, 7) is 2.70. The monoisotopic (exact) mass is 473 g/mol. The Morgan fingerprint density at radius 3 is 2.45 bits per heavy atom. The van der Waals surface area contributed by atoms with Crippen molar-refractivity contribution in [3.8, 4) is 17.1 Å². The third kappa shape index (κ3) is 5.04. The van der Waals surface area contributed by atoms with E-state index in [1.807, 2.05) is 11.9 Å². The fourth-order valence-corrected chi connectivity index (χ4v) is 3.65. The molecule has 1 saturated heterocycles. The van der Waals surface area contributed by atoms with Crippen LogP contribution in [-0.4, -0.2) is 58.9 Å². The lowest BCUT2D eigenvalue weighted by Crippen LogP contribution is -2.47. The first-order valence-corrected chi connectivity index (χ1v) is 10.7. The van der Waals surface area contributed by atoms with E-state index in [1.165, 1.54) is 6.20 Å². The van der Waals surface area contributed by atoms with Crippen molar-refractivity contribution in [3.05, 3.63) is 70.4 Å². The molecule has 0 aliphatic carbocycles. The van der Waals surface area contributed by atoms with Crippen LogP contribution in [0.1, 0.15) is 15.9 Å². The number of halogens is 3. The number of amides is 1. The van der Waals surface area contributed by atoms with Crippen molar-refractivity contribution >= 4 is 23.3 Å². The van der Waals surface area contributed by atoms with Crippen LogP contribution < -0.4 is 10.5 Å². The molecule has 33 heavy (non-hydrogen) atoms. The van der Waals surface area contributed by atoms with Crippen molar-refractivity contribution in [2.24, 2.45) is 0 Å². The fraction of sp³-hybridized carbons (Fsp3) is 0.261. The highest BCUT2D eigenvalue weighted by Gasteiger charge is 2.20. The lowest BCUT2D eigenvalue weighted by atomic mass is 10.1. The predicted molar refractivity (Wildman–Crippen MR) is 121 cm³/mol. The molecule has 2 aromatic carbocycles. The molecule has 1 aromatic heterocycles. The molecule has 0 unspecified atom stereocenters. The Kier molecular flexibility index (Phi) is 6.71. The molecule has 3 aromatic rings. The van der Waals surface area contributed by atoms with E-state index in [0.717, 1.165) is 25.2 Å². The minimum atomic E-state index is -0.754. The van der Waals surface area contributed by atoms with Crippen LogP contribution in [0.15, 0.2) is 42.6 Å². The Labute approximate surface area is 194 Å². The maximum Gasteiger partial charge on any atom is 0.258 e. The summed E-state index contributed by atoms with van der Waals surface area (Å²) in [5, 5.41) is -0.363. The highest BCUT2D eigenvalue weighted by molar-refractivity contribution is 6.31. The smallest absolute Gasteiger partial charge is 0.258 e. The molecule has 10 heteroatoms. The summed E-state index contributed by atoms with van der Waals surface area (Å²) >= 11 is 5.84. The lowest BCUT2D eigenvalue weighted by molar-refractivity contribution is 0.0664. The second-order valence-electron chi connectivity index (χ2n) is 7.73. The van der Waals surface area contributed by atoms with Crippen molar-refractivity contribution in [2.45, 2.75) is 6.61 Å². The molecule has 1 aliphatic rings. The van der Waals surface area contributed by atoms with Gasteiger partial charge in [0.1, 0.15) is 18.2 Å². The molecule has 1 aliphatic heterocycles. The van der Waals surface area contributed by atoms with E-state index in [1.54, 1.807) is 24.3 Å². The van der Waals surface area contributed by atoms with Crippen LogP contribution in [0.2, 0.25) is 5.02 Å². The number of ether oxygens (including phenoxy) is 1. The van der Waals surface area contributed by atoms with Gasteiger partial charge < -0.3 is 20.3 Å². The van der Waals surface area contributed by atoms with Crippen LogP contribution in [0, 0.1) is 11.6 Å². The van der Waals surface area contributed by atoms with Gasteiger partial charge in [0.05, 0.1) is 16.9 Å². The molecule has 2 N–H and O–H groups in total. The maximum absolute atomic E-state index is 14.0. The van der Waals surface area contributed by atoms with Gasteiger partial charge in [-0.15, -0.1) is 0 Å². The van der Waals surface area contributed by atoms with E-state index in [2.05, 4.69) is 14.9 Å². The zero-order chi connectivity index (χ0) is 23.5. The van der Waals surface area contributed by atoms with Gasteiger partial charge in [0.2, 0.25) is 0 Å². The molecular formula is C23H22ClF2N5O2. The van der Waals surface area contributed by atoms with Crippen molar-refractivity contribution in [1.29, 1.82) is 0 Å². The van der Waals surface area contributed by atoms with E-state index in [4.69, 9.17) is 22.1 Å². The minimum Gasteiger partial charge on any atom is -0.470 e. The summed E-state index contributed by atoms with van der Waals surface area (Å²) in [6, 6.07) is 8.89. The second-order valence-corrected chi connectivity index (χ2v) is 8.11. The van der Waals surface area contributed by atoms with Gasteiger partial charge in [-0.25, -0.2) is 18.7 Å². The molecule has 7 nitrogen and oxygen atoms in total. The molecule has 2 heterocycles. The summed E-state index contributed by atoms with van der Waals surface area (Å²) in [5.41, 5.74) is 7.42. The zero-order valence-electron chi connectivity index (χ0n) is 17.9. The quantitative estimate of drug-likeness (QED) is 0.570. The molecule has 0 radical (unpaired) electrons. The molecule has 0 bridgehead atoms. The number of hydrogen-bond donors (Lipinski definition) is 1. The number of hydrogen-bond acceptors (Lipinski definition) is 6. The number of likely N-dealkylation sites (N-methyl/N-ethyl adjacent to an activating group) is 1. The van der Waals surface area contributed by atoms with Gasteiger partial charge in [-0.05, 0) is 31.3 Å². The van der Waals surface area contributed by atoms with Crippen molar-refractivity contribution in [1.82, 2.24) is 19.8 Å². The third-order valence-corrected chi connectivity index (χ3v) is 5.89. The van der Waals surface area contributed by atoms with Gasteiger partial charge in [0.15, 0.2) is 5.82 Å². The Bertz CT molecular complexity index is 1170. The number of nitrogens with two attached hydrogens (primary N) is 1. The molecule has 1 amide bonds. The minimum absolute atomic E-state index is 0.00597. The summed E-state index contributed by atoms with van der Waals surface area (Å²) in [4.78, 5) is 25.2. The highest BCUT2D eigenvalue weighted by Crippen LogP contribution is 2.27. The Morgan fingerprint density at radius 1 is 1.09 bits per heavy atom. The van der Waals surface area contributed by atoms with E-state index >= 15 is 0 Å². The SMILES string of the molecule is CN1CCN(C(=O)c2ccc(-c3cnc(N)c(OCc4c(F)ccc(F)c4Cl)n3)cc2)CC1. The van der Waals surface area contributed by atoms with Crippen LogP contribution in [0.4, 0.5) is 14.6 Å². The van der Waals surface area contributed by atoms with Crippen molar-refractivity contribution in [2.75, 3.05) is 39.0 Å². The Hall–Kier alpha value is -3.30. The van der Waals surface area contributed by atoms with E-state index < -0.39 is 11.6 Å². The van der Waals surface area contributed by atoms with Gasteiger partial charge in [-0.2, -0.15) is 0 Å². The van der Waals surface area contributed by atoms with Crippen LogP contribution in [0.25, 0.3) is 11.3 Å². The van der Waals surface area contributed by atoms with Gasteiger partial charge in [-0.1, -0.05) is 23.7 Å². The summed E-state index contributed by atoms with van der Waals surface area (Å²) in [5.74, 6) is -1.52. The van der Waals surface area contributed by atoms with Crippen LogP contribution in [-0.2, 0) is 6.61 Å². The zero-order valence-corrected chi connectivity index (χ0v) is 18.6. The molecule has 0 spiro atoms. The number of nitrogen functional groups attached to an aromatic ring is 1. The molecule has 1 fully saturated rings. The van der Waals surface area contributed by atoms with E-state index in [0.29, 0.717) is 29.9 Å². The summed E-state index contributed by atoms with van der Waals surface area (Å²) < 4.78 is 33.1. The number of anilines is 1. The number of nitrogens with zero attached hydrogens (tertiary/aromatic N) is 4. The summed E-state index contributed by atoms with van der Waals surface area (Å²) in [6.07, 6.45) is 1.47. The van der Waals surface area contributed by atoms with E-state index in [-0.39, 0.29) is 34.8 Å². The standard InChI is InChI=1S/C23H22ClF2N5O2/c1-30-8-10-31(11-9-30)23(32)15-4-2-14(3-5-15)19-12-28-21(27)22(29-19)33-13-16-17(25)6-7-18(26)20(16)24/h2-7,12H,8-11,13H2,1H3,(H2,27,28). The van der Waals surface area contributed by atoms with E-state index in [9.17, 15) is 13.6 Å². The first-order chi connectivity index (χ1) is 15.8. The van der Waals surface area contributed by atoms with Gasteiger partial charge in [0, 0.05) is 42.9 Å². The highest BCUT2D eigenvalue weighted by atomic mass is 35.5. The lowest BCUT2D eigenvalue weighted by Gasteiger charge is -2.32. The number of aromatic nitrogens is 2. The average Bonchev–Trinajstić information content (AvgIpc) is 2.83. The number of rotatable bonds is 5.